The molecule has 0 atom stereocenters. The van der Waals surface area contributed by atoms with E-state index in [2.05, 4.69) is 9.97 Å². The summed E-state index contributed by atoms with van der Waals surface area (Å²) in [7, 11) is 0. The quantitative estimate of drug-likeness (QED) is 0.711. The number of aromatic amines is 1. The van der Waals surface area contributed by atoms with Gasteiger partial charge in [-0.2, -0.15) is 0 Å². The van der Waals surface area contributed by atoms with Crippen LogP contribution in [0.2, 0.25) is 0 Å². The van der Waals surface area contributed by atoms with Gasteiger partial charge in [0.15, 0.2) is 5.58 Å². The number of hydrogen-bond donors (Lipinski definition) is 1. The van der Waals surface area contributed by atoms with Gasteiger partial charge in [0, 0.05) is 11.4 Å². The van der Waals surface area contributed by atoms with E-state index in [0.717, 1.165) is 22.5 Å². The molecule has 0 saturated heterocycles. The molecule has 0 aliphatic carbocycles. The Morgan fingerprint density at radius 2 is 1.78 bits per heavy atom. The summed E-state index contributed by atoms with van der Waals surface area (Å²) in [5.41, 5.74) is 5.37. The molecule has 3 aromatic rings. The molecule has 18 heavy (non-hydrogen) atoms. The molecule has 0 fully saturated rings. The zero-order chi connectivity index (χ0) is 12.7. The van der Waals surface area contributed by atoms with Crippen LogP contribution in [0, 0.1) is 13.8 Å². The van der Waals surface area contributed by atoms with Crippen molar-refractivity contribution >= 4 is 11.1 Å². The second-order valence-electron chi connectivity index (χ2n) is 4.36. The van der Waals surface area contributed by atoms with Gasteiger partial charge in [-0.15, -0.1) is 0 Å². The fourth-order valence-corrected chi connectivity index (χ4v) is 2.13. The molecule has 4 nitrogen and oxygen atoms in total. The van der Waals surface area contributed by atoms with Gasteiger partial charge in [0.1, 0.15) is 0 Å². The molecule has 1 N–H and O–H groups in total. The summed E-state index contributed by atoms with van der Waals surface area (Å²) in [6, 6.07) is 9.69. The number of fused-ring (bicyclic) bond motifs is 1. The number of nitrogens with zero attached hydrogens (tertiary/aromatic N) is 1. The first-order valence-electron chi connectivity index (χ1n) is 5.70. The maximum absolute atomic E-state index is 11.1. The molecule has 0 bridgehead atoms. The summed E-state index contributed by atoms with van der Waals surface area (Å²) in [5, 5.41) is 0. The highest BCUT2D eigenvalue weighted by molar-refractivity contribution is 5.80. The summed E-state index contributed by atoms with van der Waals surface area (Å²) in [5.74, 6) is -0.427. The maximum Gasteiger partial charge on any atom is 0.417 e. The Morgan fingerprint density at radius 3 is 2.50 bits per heavy atom. The molecular weight excluding hydrogens is 228 g/mol. The Morgan fingerprint density at radius 1 is 1.06 bits per heavy atom. The number of pyridine rings is 1. The lowest BCUT2D eigenvalue weighted by Gasteiger charge is -2.04. The van der Waals surface area contributed by atoms with Crippen LogP contribution in [0.25, 0.3) is 22.2 Å². The van der Waals surface area contributed by atoms with E-state index in [1.54, 1.807) is 6.07 Å². The SMILES string of the molecule is Cc1cc(-c2ccc3oc(=O)[nH]c3c2)cc(C)n1. The molecule has 0 aliphatic heterocycles. The molecule has 1 aromatic carbocycles. The van der Waals surface area contributed by atoms with Gasteiger partial charge < -0.3 is 4.42 Å². The zero-order valence-electron chi connectivity index (χ0n) is 10.2. The van der Waals surface area contributed by atoms with E-state index in [4.69, 9.17) is 4.42 Å². The van der Waals surface area contributed by atoms with Crippen molar-refractivity contribution in [2.24, 2.45) is 0 Å². The molecule has 0 unspecified atom stereocenters. The zero-order valence-corrected chi connectivity index (χ0v) is 10.2. The van der Waals surface area contributed by atoms with Crippen molar-refractivity contribution in [1.82, 2.24) is 9.97 Å². The lowest BCUT2D eigenvalue weighted by molar-refractivity contribution is 0.555. The minimum atomic E-state index is -0.427. The molecule has 0 amide bonds. The lowest BCUT2D eigenvalue weighted by atomic mass is 10.0. The third-order valence-electron chi connectivity index (χ3n) is 2.83. The third kappa shape index (κ3) is 1.82. The van der Waals surface area contributed by atoms with Gasteiger partial charge in [-0.25, -0.2) is 4.79 Å². The fraction of sp³-hybridized carbons (Fsp3) is 0.143. The summed E-state index contributed by atoms with van der Waals surface area (Å²) in [4.78, 5) is 18.1. The molecule has 3 rings (SSSR count). The van der Waals surface area contributed by atoms with Crippen LogP contribution in [0.1, 0.15) is 11.4 Å². The molecule has 90 valence electrons. The van der Waals surface area contributed by atoms with Crippen molar-refractivity contribution in [3.63, 3.8) is 0 Å². The van der Waals surface area contributed by atoms with Crippen LogP contribution in [-0.2, 0) is 0 Å². The van der Waals surface area contributed by atoms with Crippen molar-refractivity contribution in [3.05, 3.63) is 52.3 Å². The summed E-state index contributed by atoms with van der Waals surface area (Å²) >= 11 is 0. The summed E-state index contributed by atoms with van der Waals surface area (Å²) < 4.78 is 4.98. The highest BCUT2D eigenvalue weighted by Gasteiger charge is 2.05. The van der Waals surface area contributed by atoms with E-state index in [9.17, 15) is 4.79 Å². The van der Waals surface area contributed by atoms with E-state index in [1.165, 1.54) is 0 Å². The van der Waals surface area contributed by atoms with Gasteiger partial charge in [-0.05, 0) is 49.2 Å². The largest absolute Gasteiger partial charge is 0.417 e. The molecule has 0 spiro atoms. The van der Waals surface area contributed by atoms with E-state index in [0.29, 0.717) is 11.1 Å². The van der Waals surface area contributed by atoms with Crippen molar-refractivity contribution in [2.75, 3.05) is 0 Å². The molecule has 2 heterocycles. The second kappa shape index (κ2) is 3.84. The number of hydrogen-bond acceptors (Lipinski definition) is 3. The smallest absolute Gasteiger partial charge is 0.408 e. The van der Waals surface area contributed by atoms with Gasteiger partial charge in [0.25, 0.3) is 0 Å². The topological polar surface area (TPSA) is 58.9 Å². The average molecular weight is 240 g/mol. The van der Waals surface area contributed by atoms with Crippen LogP contribution in [0.3, 0.4) is 0 Å². The van der Waals surface area contributed by atoms with Crippen LogP contribution in [0.15, 0.2) is 39.5 Å². The first kappa shape index (κ1) is 10.8. The fourth-order valence-electron chi connectivity index (χ4n) is 2.13. The second-order valence-corrected chi connectivity index (χ2v) is 4.36. The molecular formula is C14H12N2O2. The normalized spacial score (nSPS) is 11.0. The number of H-pyrrole nitrogens is 1. The van der Waals surface area contributed by atoms with Gasteiger partial charge in [0.05, 0.1) is 5.52 Å². The van der Waals surface area contributed by atoms with Crippen molar-refractivity contribution in [2.45, 2.75) is 13.8 Å². The lowest BCUT2D eigenvalue weighted by Crippen LogP contribution is -1.93. The first-order chi connectivity index (χ1) is 8.61. The number of nitrogens with one attached hydrogen (secondary N) is 1. The van der Waals surface area contributed by atoms with Crippen LogP contribution in [-0.4, -0.2) is 9.97 Å². The summed E-state index contributed by atoms with van der Waals surface area (Å²) in [6.45, 7) is 3.93. The minimum Gasteiger partial charge on any atom is -0.408 e. The molecule has 0 aliphatic rings. The van der Waals surface area contributed by atoms with Gasteiger partial charge in [-0.3, -0.25) is 9.97 Å². The van der Waals surface area contributed by atoms with Crippen LogP contribution < -0.4 is 5.76 Å². The number of rotatable bonds is 1. The van der Waals surface area contributed by atoms with Gasteiger partial charge in [-0.1, -0.05) is 6.07 Å². The van der Waals surface area contributed by atoms with Crippen LogP contribution in [0.4, 0.5) is 0 Å². The molecule has 0 saturated carbocycles. The maximum atomic E-state index is 11.1. The summed E-state index contributed by atoms with van der Waals surface area (Å²) in [6.07, 6.45) is 0. The van der Waals surface area contributed by atoms with Crippen molar-refractivity contribution < 1.29 is 4.42 Å². The van der Waals surface area contributed by atoms with E-state index < -0.39 is 5.76 Å². The van der Waals surface area contributed by atoms with Crippen LogP contribution in [0.5, 0.6) is 0 Å². The van der Waals surface area contributed by atoms with E-state index >= 15 is 0 Å². The first-order valence-corrected chi connectivity index (χ1v) is 5.70. The van der Waals surface area contributed by atoms with Crippen molar-refractivity contribution in [3.8, 4) is 11.1 Å². The highest BCUT2D eigenvalue weighted by Crippen LogP contribution is 2.24. The van der Waals surface area contributed by atoms with Gasteiger partial charge in [0.2, 0.25) is 0 Å². The predicted octanol–water partition coefficient (Wildman–Crippen LogP) is 2.80. The Bertz CT molecular complexity index is 764. The Kier molecular flexibility index (Phi) is 2.30. The monoisotopic (exact) mass is 240 g/mol. The number of aromatic nitrogens is 2. The predicted molar refractivity (Wildman–Crippen MR) is 69.5 cm³/mol. The Labute approximate surface area is 103 Å². The number of benzene rings is 1. The molecule has 2 aromatic heterocycles. The van der Waals surface area contributed by atoms with Crippen LogP contribution >= 0.6 is 0 Å². The highest BCUT2D eigenvalue weighted by atomic mass is 16.4. The van der Waals surface area contributed by atoms with E-state index in [-0.39, 0.29) is 0 Å². The minimum absolute atomic E-state index is 0.427. The van der Waals surface area contributed by atoms with Crippen molar-refractivity contribution in [1.29, 1.82) is 0 Å². The number of oxazole rings is 1. The number of aryl methyl sites for hydroxylation is 2. The molecule has 4 heteroatoms. The third-order valence-corrected chi connectivity index (χ3v) is 2.83. The molecule has 0 radical (unpaired) electrons. The standard InChI is InChI=1S/C14H12N2O2/c1-8-5-11(6-9(2)15-8)10-3-4-13-12(7-10)16-14(17)18-13/h3-7H,1-2H3,(H,16,17). The Balaban J connectivity index is 2.21. The van der Waals surface area contributed by atoms with E-state index in [1.807, 2.05) is 38.1 Å². The van der Waals surface area contributed by atoms with Gasteiger partial charge >= 0.3 is 5.76 Å². The average Bonchev–Trinajstić information content (AvgIpc) is 2.66. The Hall–Kier alpha value is -2.36.